The van der Waals surface area contributed by atoms with Gasteiger partial charge in [0, 0.05) is 48.8 Å². The van der Waals surface area contributed by atoms with Gasteiger partial charge in [-0.2, -0.15) is 20.8 Å². The lowest BCUT2D eigenvalue weighted by Gasteiger charge is -2.19. The first-order valence-electron chi connectivity index (χ1n) is 10.1. The van der Waals surface area contributed by atoms with Gasteiger partial charge in [-0.3, -0.25) is 9.59 Å². The number of azo groups is 1. The Balaban J connectivity index is 4.63. The van der Waals surface area contributed by atoms with Crippen LogP contribution >= 0.6 is 0 Å². The third kappa shape index (κ3) is 13.4. The molecular weight excluding hydrogens is 416 g/mol. The van der Waals surface area contributed by atoms with E-state index in [0.717, 1.165) is 0 Å². The summed E-state index contributed by atoms with van der Waals surface area (Å²) in [7, 11) is 0. The Morgan fingerprint density at radius 2 is 1.22 bits per heavy atom. The number of hydrogen-bond donors (Lipinski definition) is 2. The Morgan fingerprint density at radius 3 is 1.53 bits per heavy atom. The minimum atomic E-state index is -1.30. The van der Waals surface area contributed by atoms with Crippen LogP contribution in [0.25, 0.3) is 20.9 Å². The second-order valence-corrected chi connectivity index (χ2v) is 7.29. The maximum atomic E-state index is 11.9. The molecule has 0 aliphatic carbocycles. The van der Waals surface area contributed by atoms with E-state index in [1.165, 1.54) is 13.8 Å². The fraction of sp³-hybridized carbons (Fsp3) is 0.778. The average Bonchev–Trinajstić information content (AvgIpc) is 2.80. The fourth-order valence-corrected chi connectivity index (χ4v) is 2.21. The van der Waals surface area contributed by atoms with E-state index < -0.39 is 11.1 Å². The molecule has 0 aromatic rings. The maximum Gasteiger partial charge on any atom is 0.220 e. The van der Waals surface area contributed by atoms with E-state index >= 15 is 0 Å². The monoisotopic (exact) mass is 444 g/mol. The van der Waals surface area contributed by atoms with E-state index in [9.17, 15) is 20.1 Å². The molecule has 2 amide bonds. The Morgan fingerprint density at radius 1 is 0.844 bits per heavy atom. The molecule has 0 aromatic heterocycles. The van der Waals surface area contributed by atoms with Gasteiger partial charge < -0.3 is 10.6 Å². The summed E-state index contributed by atoms with van der Waals surface area (Å²) in [6.45, 7) is 4.29. The molecule has 0 saturated carbocycles. The summed E-state index contributed by atoms with van der Waals surface area (Å²) in [5.74, 6) is -0.550. The zero-order valence-electron chi connectivity index (χ0n) is 18.4. The molecule has 0 fully saturated rings. The first-order valence-corrected chi connectivity index (χ1v) is 10.1. The molecule has 14 nitrogen and oxygen atoms in total. The Kier molecular flexibility index (Phi) is 14.0. The highest BCUT2D eigenvalue weighted by molar-refractivity contribution is 5.76. The highest BCUT2D eigenvalue weighted by Gasteiger charge is 2.29. The van der Waals surface area contributed by atoms with E-state index in [1.807, 2.05) is 12.1 Å². The Hall–Kier alpha value is -3.86. The highest BCUT2D eigenvalue weighted by Crippen LogP contribution is 2.23. The number of nitrogens with zero attached hydrogens (tertiary/aromatic N) is 10. The van der Waals surface area contributed by atoms with Crippen LogP contribution in [0.2, 0.25) is 0 Å². The van der Waals surface area contributed by atoms with Gasteiger partial charge in [0.25, 0.3) is 0 Å². The topological polar surface area (TPSA) is 228 Å². The second kappa shape index (κ2) is 15.9. The molecule has 0 radical (unpaired) electrons. The van der Waals surface area contributed by atoms with E-state index in [0.29, 0.717) is 25.9 Å². The lowest BCUT2D eigenvalue weighted by atomic mass is 9.97. The molecule has 172 valence electrons. The smallest absolute Gasteiger partial charge is 0.220 e. The van der Waals surface area contributed by atoms with Gasteiger partial charge in [0.1, 0.15) is 0 Å². The molecule has 2 atom stereocenters. The highest BCUT2D eigenvalue weighted by atomic mass is 16.2. The molecule has 0 aromatic carbocycles. The van der Waals surface area contributed by atoms with Gasteiger partial charge in [-0.15, -0.1) is 0 Å². The first-order chi connectivity index (χ1) is 15.2. The zero-order chi connectivity index (χ0) is 24.3. The van der Waals surface area contributed by atoms with Gasteiger partial charge in [0.2, 0.25) is 11.8 Å². The molecule has 0 aliphatic heterocycles. The third-order valence-electron chi connectivity index (χ3n) is 4.29. The van der Waals surface area contributed by atoms with Crippen LogP contribution in [-0.2, 0) is 9.59 Å². The van der Waals surface area contributed by atoms with Crippen molar-refractivity contribution in [2.75, 3.05) is 26.2 Å². The van der Waals surface area contributed by atoms with Gasteiger partial charge in [-0.25, -0.2) is 0 Å². The van der Waals surface area contributed by atoms with Crippen LogP contribution < -0.4 is 10.6 Å². The molecule has 32 heavy (non-hydrogen) atoms. The molecule has 2 unspecified atom stereocenters. The molecule has 0 aliphatic rings. The SMILES string of the molecule is CC(C#N)(CCC(=O)NCCCN=[N+]=[N-])/N=N\C(C)(C#N)CCC(=O)NCCCN=[N+]=[N-]. The lowest BCUT2D eigenvalue weighted by molar-refractivity contribution is -0.122. The minimum absolute atomic E-state index is 0.0338. The number of amides is 2. The second-order valence-electron chi connectivity index (χ2n) is 7.29. The van der Waals surface area contributed by atoms with Crippen molar-refractivity contribution in [3.63, 3.8) is 0 Å². The quantitative estimate of drug-likeness (QED) is 0.158. The van der Waals surface area contributed by atoms with Crippen LogP contribution in [0.5, 0.6) is 0 Å². The number of azide groups is 2. The van der Waals surface area contributed by atoms with Gasteiger partial charge >= 0.3 is 0 Å². The van der Waals surface area contributed by atoms with E-state index in [-0.39, 0.29) is 50.6 Å². The number of carbonyl (C=O) groups is 2. The van der Waals surface area contributed by atoms with Gasteiger partial charge in [-0.05, 0) is 50.6 Å². The van der Waals surface area contributed by atoms with Crippen molar-refractivity contribution in [3.8, 4) is 12.1 Å². The average molecular weight is 445 g/mol. The van der Waals surface area contributed by atoms with Crippen molar-refractivity contribution >= 4 is 11.8 Å². The van der Waals surface area contributed by atoms with E-state index in [2.05, 4.69) is 40.9 Å². The van der Waals surface area contributed by atoms with Crippen LogP contribution in [0, 0.1) is 22.7 Å². The van der Waals surface area contributed by atoms with E-state index in [1.54, 1.807) is 0 Å². The van der Waals surface area contributed by atoms with Crippen molar-refractivity contribution in [1.82, 2.24) is 10.6 Å². The van der Waals surface area contributed by atoms with Gasteiger partial charge in [0.05, 0.1) is 12.1 Å². The number of carbonyl (C=O) groups excluding carboxylic acids is 2. The number of rotatable bonds is 16. The normalized spacial score (nSPS) is 13.9. The van der Waals surface area contributed by atoms with Crippen LogP contribution in [0.1, 0.15) is 52.4 Å². The van der Waals surface area contributed by atoms with Gasteiger partial charge in [0.15, 0.2) is 11.1 Å². The predicted octanol–water partition coefficient (Wildman–Crippen LogP) is 3.20. The molecule has 0 spiro atoms. The summed E-state index contributed by atoms with van der Waals surface area (Å²) in [6.07, 6.45) is 1.28. The summed E-state index contributed by atoms with van der Waals surface area (Å²) in [6, 6.07) is 4.01. The van der Waals surface area contributed by atoms with Crippen molar-refractivity contribution in [1.29, 1.82) is 10.5 Å². The Labute approximate surface area is 186 Å². The van der Waals surface area contributed by atoms with Crippen molar-refractivity contribution < 1.29 is 9.59 Å². The van der Waals surface area contributed by atoms with Crippen molar-refractivity contribution in [3.05, 3.63) is 20.9 Å². The predicted molar refractivity (Wildman–Crippen MR) is 115 cm³/mol. The first kappa shape index (κ1) is 28.1. The number of nitriles is 2. The van der Waals surface area contributed by atoms with E-state index in [4.69, 9.17) is 11.1 Å². The van der Waals surface area contributed by atoms with Crippen LogP contribution in [0.15, 0.2) is 20.5 Å². The van der Waals surface area contributed by atoms with Crippen molar-refractivity contribution in [2.45, 2.75) is 63.5 Å². The van der Waals surface area contributed by atoms with Gasteiger partial charge in [-0.1, -0.05) is 10.2 Å². The fourth-order valence-electron chi connectivity index (χ4n) is 2.21. The van der Waals surface area contributed by atoms with Crippen LogP contribution in [-0.4, -0.2) is 49.1 Å². The summed E-state index contributed by atoms with van der Waals surface area (Å²) < 4.78 is 0. The molecule has 2 N–H and O–H groups in total. The number of hydrogen-bond acceptors (Lipinski definition) is 8. The third-order valence-corrected chi connectivity index (χ3v) is 4.29. The molecular formula is C18H28N12O2. The maximum absolute atomic E-state index is 11.9. The standard InChI is InChI=1S/C18H28N12O2/c1-17(13-19,7-5-15(31)23-9-3-11-25-29-21)27-28-18(2,14-20)8-6-16(32)24-10-4-12-26-30-22/h3-12H2,1-2H3,(H,23,31)(H,24,32)/b28-27-. The lowest BCUT2D eigenvalue weighted by Crippen LogP contribution is -2.30. The largest absolute Gasteiger partial charge is 0.356 e. The van der Waals surface area contributed by atoms with Crippen LogP contribution in [0.4, 0.5) is 0 Å². The Bertz CT molecular complexity index is 764. The minimum Gasteiger partial charge on any atom is -0.356 e. The van der Waals surface area contributed by atoms with Crippen LogP contribution in [0.3, 0.4) is 0 Å². The molecule has 14 heteroatoms. The zero-order valence-corrected chi connectivity index (χ0v) is 18.4. The molecule has 0 bridgehead atoms. The molecule has 0 heterocycles. The summed E-state index contributed by atoms with van der Waals surface area (Å²) in [5, 5.41) is 39.0. The summed E-state index contributed by atoms with van der Waals surface area (Å²) in [4.78, 5) is 29.0. The number of nitrogens with one attached hydrogen (secondary N) is 2. The van der Waals surface area contributed by atoms with Crippen molar-refractivity contribution in [2.24, 2.45) is 20.5 Å². The molecule has 0 rings (SSSR count). The summed E-state index contributed by atoms with van der Waals surface area (Å²) >= 11 is 0. The summed E-state index contributed by atoms with van der Waals surface area (Å²) in [5.41, 5.74) is 13.8. The molecule has 0 saturated heterocycles.